The van der Waals surface area contributed by atoms with Crippen molar-refractivity contribution in [3.05, 3.63) is 47.5 Å². The van der Waals surface area contributed by atoms with Crippen LogP contribution in [0.25, 0.3) is 0 Å². The van der Waals surface area contributed by atoms with Gasteiger partial charge in [0.05, 0.1) is 24.1 Å². The van der Waals surface area contributed by atoms with Gasteiger partial charge in [-0.2, -0.15) is 0 Å². The summed E-state index contributed by atoms with van der Waals surface area (Å²) >= 11 is 6.21. The number of anilines is 3. The monoisotopic (exact) mass is 479 g/mol. The molecule has 1 aliphatic heterocycles. The Balaban J connectivity index is 1.81. The van der Waals surface area contributed by atoms with E-state index in [9.17, 15) is 13.2 Å². The molecule has 1 aliphatic rings. The first-order valence-electron chi connectivity index (χ1n) is 10.7. The molecule has 2 aromatic rings. The minimum absolute atomic E-state index is 0.266. The zero-order chi connectivity index (χ0) is 23.3. The molecule has 174 valence electrons. The lowest BCUT2D eigenvalue weighted by Gasteiger charge is -2.30. The summed E-state index contributed by atoms with van der Waals surface area (Å²) in [6, 6.07) is 11.4. The van der Waals surface area contributed by atoms with Crippen molar-refractivity contribution in [2.45, 2.75) is 38.6 Å². The van der Waals surface area contributed by atoms with Gasteiger partial charge in [-0.05, 0) is 68.1 Å². The van der Waals surface area contributed by atoms with Crippen LogP contribution in [0.1, 0.15) is 32.6 Å². The van der Waals surface area contributed by atoms with Crippen molar-refractivity contribution in [2.75, 3.05) is 41.0 Å². The standard InChI is InChI=1S/C23H30ClN3O4S/c1-4-21(27(32(3,29)30)19-12-13-22(31-2)20(24)16-19)23(28)25-17-8-10-18(11-9-17)26-14-6-5-7-15-26/h8-13,16,21H,4-7,14-15H2,1-3H3,(H,25,28)/t21-/m1/s1. The van der Waals surface area contributed by atoms with E-state index in [4.69, 9.17) is 16.3 Å². The van der Waals surface area contributed by atoms with Gasteiger partial charge in [-0.3, -0.25) is 9.10 Å². The Kier molecular flexibility index (Phi) is 7.90. The number of halogens is 1. The Morgan fingerprint density at radius 2 is 1.81 bits per heavy atom. The smallest absolute Gasteiger partial charge is 0.248 e. The predicted molar refractivity (Wildman–Crippen MR) is 131 cm³/mol. The number of carbonyl (C=O) groups excluding carboxylic acids is 1. The van der Waals surface area contributed by atoms with Gasteiger partial charge < -0.3 is 15.0 Å². The largest absolute Gasteiger partial charge is 0.495 e. The zero-order valence-corrected chi connectivity index (χ0v) is 20.2. The number of nitrogens with zero attached hydrogens (tertiary/aromatic N) is 2. The van der Waals surface area contributed by atoms with Crippen LogP contribution in [0.3, 0.4) is 0 Å². The average molecular weight is 480 g/mol. The molecule has 1 amide bonds. The van der Waals surface area contributed by atoms with Gasteiger partial charge in [-0.15, -0.1) is 0 Å². The highest BCUT2D eigenvalue weighted by atomic mass is 35.5. The van der Waals surface area contributed by atoms with E-state index in [1.807, 2.05) is 24.3 Å². The molecular weight excluding hydrogens is 450 g/mol. The Morgan fingerprint density at radius 1 is 1.16 bits per heavy atom. The molecule has 0 radical (unpaired) electrons. The van der Waals surface area contributed by atoms with Crippen molar-refractivity contribution in [3.8, 4) is 5.75 Å². The number of rotatable bonds is 8. The first-order chi connectivity index (χ1) is 15.2. The van der Waals surface area contributed by atoms with Gasteiger partial charge in [0.15, 0.2) is 0 Å². The van der Waals surface area contributed by atoms with Crippen LogP contribution < -0.4 is 19.3 Å². The number of hydrogen-bond donors (Lipinski definition) is 1. The van der Waals surface area contributed by atoms with Gasteiger partial charge in [0.2, 0.25) is 15.9 Å². The second-order valence-electron chi connectivity index (χ2n) is 7.89. The van der Waals surface area contributed by atoms with Crippen molar-refractivity contribution in [1.29, 1.82) is 0 Å². The van der Waals surface area contributed by atoms with Crippen LogP contribution >= 0.6 is 11.6 Å². The molecule has 0 saturated carbocycles. The van der Waals surface area contributed by atoms with Crippen LogP contribution in [0.5, 0.6) is 5.75 Å². The van der Waals surface area contributed by atoms with Crippen molar-refractivity contribution in [2.24, 2.45) is 0 Å². The molecule has 1 atom stereocenters. The van der Waals surface area contributed by atoms with Gasteiger partial charge in [0.25, 0.3) is 0 Å². The van der Waals surface area contributed by atoms with Gasteiger partial charge >= 0.3 is 0 Å². The number of ether oxygens (including phenoxy) is 1. The van der Waals surface area contributed by atoms with Crippen molar-refractivity contribution in [3.63, 3.8) is 0 Å². The third kappa shape index (κ3) is 5.66. The molecular formula is C23H30ClN3O4S. The number of carbonyl (C=O) groups is 1. The molecule has 1 saturated heterocycles. The molecule has 0 aliphatic carbocycles. The quantitative estimate of drug-likeness (QED) is 0.602. The summed E-state index contributed by atoms with van der Waals surface area (Å²) < 4.78 is 31.5. The van der Waals surface area contributed by atoms with E-state index in [1.54, 1.807) is 19.1 Å². The fourth-order valence-electron chi connectivity index (χ4n) is 3.99. The minimum atomic E-state index is -3.76. The van der Waals surface area contributed by atoms with Crippen molar-refractivity contribution < 1.29 is 17.9 Å². The van der Waals surface area contributed by atoms with Gasteiger partial charge in [0, 0.05) is 24.5 Å². The Bertz CT molecular complexity index is 1040. The lowest BCUT2D eigenvalue weighted by Crippen LogP contribution is -2.47. The number of amides is 1. The molecule has 1 fully saturated rings. The highest BCUT2D eigenvalue weighted by Crippen LogP contribution is 2.32. The minimum Gasteiger partial charge on any atom is -0.495 e. The summed E-state index contributed by atoms with van der Waals surface area (Å²) in [4.78, 5) is 15.5. The molecule has 0 bridgehead atoms. The first kappa shape index (κ1) is 24.2. The Morgan fingerprint density at radius 3 is 2.34 bits per heavy atom. The van der Waals surface area contributed by atoms with Crippen LogP contribution in [0.2, 0.25) is 5.02 Å². The van der Waals surface area contributed by atoms with E-state index in [1.165, 1.54) is 32.4 Å². The number of methoxy groups -OCH3 is 1. The van der Waals surface area contributed by atoms with Crippen molar-refractivity contribution >= 4 is 44.6 Å². The predicted octanol–water partition coefficient (Wildman–Crippen LogP) is 4.52. The summed E-state index contributed by atoms with van der Waals surface area (Å²) in [5.74, 6) is 0.0192. The molecule has 1 N–H and O–H groups in total. The van der Waals surface area contributed by atoms with E-state index in [-0.39, 0.29) is 11.4 Å². The fraction of sp³-hybridized carbons (Fsp3) is 0.435. The van der Waals surface area contributed by atoms with E-state index >= 15 is 0 Å². The van der Waals surface area contributed by atoms with Gasteiger partial charge in [-0.25, -0.2) is 8.42 Å². The van der Waals surface area contributed by atoms with Crippen LogP contribution in [0.15, 0.2) is 42.5 Å². The van der Waals surface area contributed by atoms with E-state index in [0.717, 1.165) is 29.3 Å². The maximum absolute atomic E-state index is 13.1. The molecule has 9 heteroatoms. The molecule has 7 nitrogen and oxygen atoms in total. The highest BCUT2D eigenvalue weighted by Gasteiger charge is 2.32. The van der Waals surface area contributed by atoms with E-state index in [0.29, 0.717) is 17.1 Å². The fourth-order valence-corrected chi connectivity index (χ4v) is 5.44. The highest BCUT2D eigenvalue weighted by molar-refractivity contribution is 7.92. The number of sulfonamides is 1. The van der Waals surface area contributed by atoms with Crippen LogP contribution in [-0.4, -0.2) is 46.8 Å². The Hall–Kier alpha value is -2.45. The number of hydrogen-bond acceptors (Lipinski definition) is 5. The number of benzene rings is 2. The van der Waals surface area contributed by atoms with Crippen LogP contribution in [0.4, 0.5) is 17.1 Å². The number of nitrogens with one attached hydrogen (secondary N) is 1. The van der Waals surface area contributed by atoms with E-state index in [2.05, 4.69) is 10.2 Å². The second-order valence-corrected chi connectivity index (χ2v) is 10.2. The third-order valence-electron chi connectivity index (χ3n) is 5.58. The molecule has 0 unspecified atom stereocenters. The van der Waals surface area contributed by atoms with Crippen LogP contribution in [-0.2, 0) is 14.8 Å². The lowest BCUT2D eigenvalue weighted by molar-refractivity contribution is -0.117. The van der Waals surface area contributed by atoms with Crippen molar-refractivity contribution in [1.82, 2.24) is 0 Å². The maximum atomic E-state index is 13.1. The molecule has 1 heterocycles. The normalized spacial score (nSPS) is 15.2. The second kappa shape index (κ2) is 10.4. The molecule has 32 heavy (non-hydrogen) atoms. The SMILES string of the molecule is CC[C@H](C(=O)Nc1ccc(N2CCCCC2)cc1)N(c1ccc(OC)c(Cl)c1)S(C)(=O)=O. The summed E-state index contributed by atoms with van der Waals surface area (Å²) in [6.07, 6.45) is 5.00. The maximum Gasteiger partial charge on any atom is 0.248 e. The van der Waals surface area contributed by atoms with E-state index < -0.39 is 22.0 Å². The topological polar surface area (TPSA) is 79.0 Å². The first-order valence-corrected chi connectivity index (χ1v) is 13.0. The molecule has 2 aromatic carbocycles. The lowest BCUT2D eigenvalue weighted by atomic mass is 10.1. The summed E-state index contributed by atoms with van der Waals surface area (Å²) in [7, 11) is -2.28. The van der Waals surface area contributed by atoms with Gasteiger partial charge in [-0.1, -0.05) is 18.5 Å². The summed E-state index contributed by atoms with van der Waals surface area (Å²) in [5.41, 5.74) is 2.05. The average Bonchev–Trinajstić information content (AvgIpc) is 2.77. The molecule has 3 rings (SSSR count). The summed E-state index contributed by atoms with van der Waals surface area (Å²) in [5, 5.41) is 3.13. The molecule has 0 spiro atoms. The van der Waals surface area contributed by atoms with Crippen LogP contribution in [0, 0.1) is 0 Å². The van der Waals surface area contributed by atoms with Gasteiger partial charge in [0.1, 0.15) is 11.8 Å². The Labute approximate surface area is 195 Å². The zero-order valence-electron chi connectivity index (χ0n) is 18.7. The number of piperidine rings is 1. The summed E-state index contributed by atoms with van der Waals surface area (Å²) in [6.45, 7) is 3.85. The molecule has 0 aromatic heterocycles. The third-order valence-corrected chi connectivity index (χ3v) is 7.05.